The smallest absolute Gasteiger partial charge is 0.486 e. The molecule has 0 saturated heterocycles. The molecule has 3 N–H and O–H groups in total. The van der Waals surface area contributed by atoms with Crippen LogP contribution in [0.15, 0.2) is 36.7 Å². The van der Waals surface area contributed by atoms with E-state index in [0.29, 0.717) is 16.6 Å². The van der Waals surface area contributed by atoms with Crippen molar-refractivity contribution in [3.05, 3.63) is 42.2 Å². The molecule has 0 aliphatic carbocycles. The van der Waals surface area contributed by atoms with Crippen molar-refractivity contribution in [2.24, 2.45) is 0 Å². The van der Waals surface area contributed by atoms with Crippen LogP contribution in [0, 0.1) is 0 Å². The van der Waals surface area contributed by atoms with E-state index in [1.807, 2.05) is 0 Å². The molecule has 0 aliphatic heterocycles. The van der Waals surface area contributed by atoms with Gasteiger partial charge in [0.2, 0.25) is 5.65 Å². The first-order valence-corrected chi connectivity index (χ1v) is 8.67. The highest BCUT2D eigenvalue weighted by molar-refractivity contribution is 5.78. The molecular weight excluding hydrogens is 419 g/mol. The Hall–Kier alpha value is -4.16. The lowest BCUT2D eigenvalue weighted by Gasteiger charge is -2.15. The highest BCUT2D eigenvalue weighted by Gasteiger charge is 2.32. The third kappa shape index (κ3) is 4.55. The average molecular weight is 433 g/mol. The Morgan fingerprint density at radius 1 is 1.03 bits per heavy atom. The lowest BCUT2D eigenvalue weighted by atomic mass is 10.1. The number of nitrogens with zero attached hydrogens (tertiary/aromatic N) is 5. The Labute approximate surface area is 172 Å². The van der Waals surface area contributed by atoms with Crippen LogP contribution in [0.5, 0.6) is 17.5 Å². The molecule has 0 atom stereocenters. The van der Waals surface area contributed by atoms with Crippen molar-refractivity contribution in [3.63, 3.8) is 0 Å². The minimum absolute atomic E-state index is 0.123. The van der Waals surface area contributed by atoms with Gasteiger partial charge in [-0.25, -0.2) is 15.0 Å². The SMILES string of the molecule is COc1ncc(-c2ccc(COc3cc(N)nc4n[nH]nc34)c(OC(F)(F)F)c2)cn1. The van der Waals surface area contributed by atoms with E-state index in [9.17, 15) is 13.2 Å². The third-order valence-electron chi connectivity index (χ3n) is 4.10. The number of halogens is 3. The maximum atomic E-state index is 13.0. The van der Waals surface area contributed by atoms with Gasteiger partial charge in [0.25, 0.3) is 0 Å². The number of rotatable bonds is 6. The molecule has 4 aromatic rings. The van der Waals surface area contributed by atoms with E-state index in [1.165, 1.54) is 37.7 Å². The standard InChI is InChI=1S/C18H14F3N7O3/c1-29-17-23-6-11(7-24-17)9-2-3-10(12(4-9)31-18(19,20)21)8-30-13-5-14(22)25-16-15(13)26-28-27-16/h2-7H,8H2,1H3,(H3,22,25,26,27,28). The molecule has 10 nitrogen and oxygen atoms in total. The fourth-order valence-electron chi connectivity index (χ4n) is 2.74. The number of anilines is 1. The number of ether oxygens (including phenoxy) is 3. The molecule has 13 heteroatoms. The van der Waals surface area contributed by atoms with E-state index in [2.05, 4.69) is 35.1 Å². The van der Waals surface area contributed by atoms with Crippen molar-refractivity contribution in [1.82, 2.24) is 30.4 Å². The van der Waals surface area contributed by atoms with Crippen molar-refractivity contribution < 1.29 is 27.4 Å². The molecule has 0 amide bonds. The second-order valence-corrected chi connectivity index (χ2v) is 6.16. The molecule has 3 heterocycles. The number of nitrogens with one attached hydrogen (secondary N) is 1. The second-order valence-electron chi connectivity index (χ2n) is 6.16. The largest absolute Gasteiger partial charge is 0.573 e. The van der Waals surface area contributed by atoms with Crippen molar-refractivity contribution >= 4 is 17.0 Å². The summed E-state index contributed by atoms with van der Waals surface area (Å²) >= 11 is 0. The monoisotopic (exact) mass is 433 g/mol. The number of benzene rings is 1. The summed E-state index contributed by atoms with van der Waals surface area (Å²) in [6, 6.07) is 5.81. The van der Waals surface area contributed by atoms with E-state index < -0.39 is 12.1 Å². The lowest BCUT2D eigenvalue weighted by molar-refractivity contribution is -0.275. The van der Waals surface area contributed by atoms with Gasteiger partial charge in [-0.05, 0) is 11.6 Å². The fraction of sp³-hybridized carbons (Fsp3) is 0.167. The topological polar surface area (TPSA) is 134 Å². The van der Waals surface area contributed by atoms with Gasteiger partial charge >= 0.3 is 12.4 Å². The molecular formula is C18H14F3N7O3. The van der Waals surface area contributed by atoms with Gasteiger partial charge in [0.15, 0.2) is 11.3 Å². The van der Waals surface area contributed by atoms with Gasteiger partial charge in [0.1, 0.15) is 18.2 Å². The number of hydrogen-bond acceptors (Lipinski definition) is 9. The van der Waals surface area contributed by atoms with Crippen molar-refractivity contribution in [2.45, 2.75) is 13.0 Å². The highest BCUT2D eigenvalue weighted by Crippen LogP contribution is 2.33. The summed E-state index contributed by atoms with van der Waals surface area (Å²) in [4.78, 5) is 11.9. The Morgan fingerprint density at radius 2 is 1.81 bits per heavy atom. The van der Waals surface area contributed by atoms with Crippen molar-refractivity contribution in [3.8, 4) is 28.6 Å². The highest BCUT2D eigenvalue weighted by atomic mass is 19.4. The van der Waals surface area contributed by atoms with Gasteiger partial charge in [-0.2, -0.15) is 10.3 Å². The summed E-state index contributed by atoms with van der Waals surface area (Å²) in [6.07, 6.45) is -2.05. The van der Waals surface area contributed by atoms with Crippen molar-refractivity contribution in [1.29, 1.82) is 0 Å². The predicted octanol–water partition coefficient (Wildman–Crippen LogP) is 2.88. The predicted molar refractivity (Wildman–Crippen MR) is 101 cm³/mol. The summed E-state index contributed by atoms with van der Waals surface area (Å²) in [7, 11) is 1.41. The van der Waals surface area contributed by atoms with E-state index in [0.717, 1.165) is 0 Å². The van der Waals surface area contributed by atoms with Gasteiger partial charge in [-0.3, -0.25) is 0 Å². The number of pyridine rings is 1. The van der Waals surface area contributed by atoms with E-state index in [1.54, 1.807) is 6.07 Å². The second kappa shape index (κ2) is 7.93. The Kier molecular flexibility index (Phi) is 5.15. The molecule has 3 aromatic heterocycles. The van der Waals surface area contributed by atoms with Crippen LogP contribution in [0.2, 0.25) is 0 Å². The van der Waals surface area contributed by atoms with Crippen LogP contribution in [0.4, 0.5) is 19.0 Å². The molecule has 0 aliphatic rings. The quantitative estimate of drug-likeness (QED) is 0.471. The van der Waals surface area contributed by atoms with Crippen LogP contribution in [-0.4, -0.2) is 43.8 Å². The molecule has 1 aromatic carbocycles. The van der Waals surface area contributed by atoms with Gasteiger partial charge in [0.05, 0.1) is 7.11 Å². The number of aromatic amines is 1. The van der Waals surface area contributed by atoms with Gasteiger partial charge in [0, 0.05) is 29.6 Å². The first-order valence-electron chi connectivity index (χ1n) is 8.67. The molecule has 31 heavy (non-hydrogen) atoms. The number of aromatic nitrogens is 6. The van der Waals surface area contributed by atoms with Crippen LogP contribution in [-0.2, 0) is 6.61 Å². The Balaban J connectivity index is 1.64. The molecule has 0 saturated carbocycles. The van der Waals surface area contributed by atoms with Crippen molar-refractivity contribution in [2.75, 3.05) is 12.8 Å². The van der Waals surface area contributed by atoms with E-state index in [4.69, 9.17) is 15.2 Å². The summed E-state index contributed by atoms with van der Waals surface area (Å²) in [5, 5.41) is 10.1. The molecule has 0 spiro atoms. The van der Waals surface area contributed by atoms with Crippen LogP contribution in [0.25, 0.3) is 22.3 Å². The maximum Gasteiger partial charge on any atom is 0.573 e. The Bertz CT molecular complexity index is 1210. The summed E-state index contributed by atoms with van der Waals surface area (Å²) < 4.78 is 53.7. The average Bonchev–Trinajstić information content (AvgIpc) is 3.20. The minimum Gasteiger partial charge on any atom is -0.486 e. The van der Waals surface area contributed by atoms with E-state index in [-0.39, 0.29) is 35.4 Å². The molecule has 160 valence electrons. The van der Waals surface area contributed by atoms with E-state index >= 15 is 0 Å². The first kappa shape index (κ1) is 20.1. The van der Waals surface area contributed by atoms with Gasteiger partial charge in [-0.1, -0.05) is 12.1 Å². The number of nitrogen functional groups attached to an aromatic ring is 1. The molecule has 0 fully saturated rings. The third-order valence-corrected chi connectivity index (χ3v) is 4.10. The number of nitrogens with two attached hydrogens (primary N) is 1. The van der Waals surface area contributed by atoms with Crippen LogP contribution < -0.4 is 19.9 Å². The molecule has 0 radical (unpaired) electrons. The number of H-pyrrole nitrogens is 1. The zero-order valence-electron chi connectivity index (χ0n) is 15.8. The van der Waals surface area contributed by atoms with Gasteiger partial charge in [-0.15, -0.1) is 18.3 Å². The van der Waals surface area contributed by atoms with Gasteiger partial charge < -0.3 is 19.9 Å². The first-order chi connectivity index (χ1) is 14.8. The summed E-state index contributed by atoms with van der Waals surface area (Å²) in [5.74, 6) is -0.0981. The number of alkyl halides is 3. The number of hydrogen-bond donors (Lipinski definition) is 2. The minimum atomic E-state index is -4.90. The Morgan fingerprint density at radius 3 is 2.52 bits per heavy atom. The number of methoxy groups -OCH3 is 1. The van der Waals surface area contributed by atoms with Crippen LogP contribution in [0.1, 0.15) is 5.56 Å². The zero-order chi connectivity index (χ0) is 22.0. The maximum absolute atomic E-state index is 13.0. The molecule has 0 bridgehead atoms. The van der Waals surface area contributed by atoms with Crippen LogP contribution in [0.3, 0.4) is 0 Å². The van der Waals surface area contributed by atoms with Crippen LogP contribution >= 0.6 is 0 Å². The fourth-order valence-corrected chi connectivity index (χ4v) is 2.74. The normalized spacial score (nSPS) is 11.5. The molecule has 4 rings (SSSR count). The lowest BCUT2D eigenvalue weighted by Crippen LogP contribution is -2.18. The zero-order valence-corrected chi connectivity index (χ0v) is 15.8. The number of fused-ring (bicyclic) bond motifs is 1. The summed E-state index contributed by atoms with van der Waals surface area (Å²) in [6.45, 7) is -0.254. The summed E-state index contributed by atoms with van der Waals surface area (Å²) in [5.41, 5.74) is 7.25. The molecule has 0 unspecified atom stereocenters.